The SMILES string of the molecule is O=C(O)c1cc(Cl)ccc1Nc1cccc2ccccc12. The fourth-order valence-corrected chi connectivity index (χ4v) is 2.45. The smallest absolute Gasteiger partial charge is 0.337 e. The number of aromatic carboxylic acids is 1. The number of carboxylic acid groups (broad SMARTS) is 1. The molecule has 3 aromatic carbocycles. The lowest BCUT2D eigenvalue weighted by Gasteiger charge is -2.12. The molecule has 0 saturated heterocycles. The summed E-state index contributed by atoms with van der Waals surface area (Å²) in [6.07, 6.45) is 0. The summed E-state index contributed by atoms with van der Waals surface area (Å²) in [4.78, 5) is 11.3. The third kappa shape index (κ3) is 2.69. The van der Waals surface area contributed by atoms with Gasteiger partial charge in [0.05, 0.1) is 11.3 Å². The van der Waals surface area contributed by atoms with Crippen molar-refractivity contribution in [2.45, 2.75) is 0 Å². The number of carboxylic acids is 1. The number of hydrogen-bond donors (Lipinski definition) is 2. The molecule has 0 heterocycles. The van der Waals surface area contributed by atoms with Gasteiger partial charge in [-0.1, -0.05) is 48.0 Å². The average Bonchev–Trinajstić information content (AvgIpc) is 2.49. The highest BCUT2D eigenvalue weighted by molar-refractivity contribution is 6.31. The van der Waals surface area contributed by atoms with Crippen LogP contribution in [0, 0.1) is 0 Å². The average molecular weight is 298 g/mol. The maximum absolute atomic E-state index is 11.3. The van der Waals surface area contributed by atoms with Crippen LogP contribution in [0.2, 0.25) is 5.02 Å². The number of halogens is 1. The first-order chi connectivity index (χ1) is 10.1. The molecule has 0 aromatic heterocycles. The van der Waals surface area contributed by atoms with E-state index in [1.54, 1.807) is 12.1 Å². The molecule has 4 heteroatoms. The van der Waals surface area contributed by atoms with Crippen molar-refractivity contribution < 1.29 is 9.90 Å². The Balaban J connectivity index is 2.09. The molecule has 0 amide bonds. The van der Waals surface area contributed by atoms with Crippen LogP contribution in [0.1, 0.15) is 10.4 Å². The van der Waals surface area contributed by atoms with Crippen LogP contribution >= 0.6 is 11.6 Å². The van der Waals surface area contributed by atoms with Crippen LogP contribution in [0.15, 0.2) is 60.7 Å². The Labute approximate surface area is 126 Å². The van der Waals surface area contributed by atoms with Crippen LogP contribution in [-0.4, -0.2) is 11.1 Å². The summed E-state index contributed by atoms with van der Waals surface area (Å²) < 4.78 is 0. The van der Waals surface area contributed by atoms with Gasteiger partial charge in [0.15, 0.2) is 0 Å². The largest absolute Gasteiger partial charge is 0.478 e. The minimum absolute atomic E-state index is 0.149. The molecule has 3 nitrogen and oxygen atoms in total. The van der Waals surface area contributed by atoms with Crippen molar-refractivity contribution in [3.8, 4) is 0 Å². The van der Waals surface area contributed by atoms with Crippen molar-refractivity contribution >= 4 is 39.7 Å². The van der Waals surface area contributed by atoms with E-state index in [1.165, 1.54) is 6.07 Å². The first-order valence-corrected chi connectivity index (χ1v) is 6.80. The van der Waals surface area contributed by atoms with E-state index in [-0.39, 0.29) is 5.56 Å². The molecule has 0 aliphatic heterocycles. The Hall–Kier alpha value is -2.52. The number of rotatable bonds is 3. The van der Waals surface area contributed by atoms with Gasteiger partial charge in [-0.15, -0.1) is 0 Å². The molecule has 104 valence electrons. The van der Waals surface area contributed by atoms with Crippen molar-refractivity contribution in [3.05, 3.63) is 71.2 Å². The minimum atomic E-state index is -1.01. The van der Waals surface area contributed by atoms with Gasteiger partial charge < -0.3 is 10.4 Å². The molecule has 0 aliphatic rings. The van der Waals surface area contributed by atoms with Gasteiger partial charge in [0.1, 0.15) is 0 Å². The first kappa shape index (κ1) is 13.5. The summed E-state index contributed by atoms with van der Waals surface area (Å²) in [5.41, 5.74) is 1.52. The summed E-state index contributed by atoms with van der Waals surface area (Å²) in [7, 11) is 0. The molecule has 0 radical (unpaired) electrons. The number of benzene rings is 3. The summed E-state index contributed by atoms with van der Waals surface area (Å²) in [5.74, 6) is -1.01. The Morgan fingerprint density at radius 2 is 1.71 bits per heavy atom. The zero-order valence-corrected chi connectivity index (χ0v) is 11.8. The van der Waals surface area contributed by atoms with Gasteiger partial charge in [-0.2, -0.15) is 0 Å². The molecule has 2 N–H and O–H groups in total. The standard InChI is InChI=1S/C17H12ClNO2/c18-12-8-9-16(14(10-12)17(20)21)19-15-7-3-5-11-4-1-2-6-13(11)15/h1-10,19H,(H,20,21). The predicted molar refractivity (Wildman–Crippen MR) is 85.6 cm³/mol. The number of fused-ring (bicyclic) bond motifs is 1. The molecule has 0 atom stereocenters. The Bertz CT molecular complexity index is 825. The summed E-state index contributed by atoms with van der Waals surface area (Å²) in [6, 6.07) is 18.6. The topological polar surface area (TPSA) is 49.3 Å². The van der Waals surface area contributed by atoms with Crippen LogP contribution in [0.3, 0.4) is 0 Å². The summed E-state index contributed by atoms with van der Waals surface area (Å²) in [6.45, 7) is 0. The molecular formula is C17H12ClNO2. The van der Waals surface area contributed by atoms with E-state index < -0.39 is 5.97 Å². The Kier molecular flexibility index (Phi) is 3.50. The molecule has 0 saturated carbocycles. The molecule has 3 rings (SSSR count). The monoisotopic (exact) mass is 297 g/mol. The van der Waals surface area contributed by atoms with Gasteiger partial charge >= 0.3 is 5.97 Å². The molecule has 21 heavy (non-hydrogen) atoms. The van der Waals surface area contributed by atoms with E-state index in [0.29, 0.717) is 10.7 Å². The van der Waals surface area contributed by atoms with Crippen molar-refractivity contribution in [1.29, 1.82) is 0 Å². The highest BCUT2D eigenvalue weighted by Gasteiger charge is 2.11. The fourth-order valence-electron chi connectivity index (χ4n) is 2.28. The van der Waals surface area contributed by atoms with Crippen LogP contribution in [-0.2, 0) is 0 Å². The maximum Gasteiger partial charge on any atom is 0.337 e. The van der Waals surface area contributed by atoms with E-state index in [0.717, 1.165) is 16.5 Å². The van der Waals surface area contributed by atoms with E-state index >= 15 is 0 Å². The highest BCUT2D eigenvalue weighted by Crippen LogP contribution is 2.29. The van der Waals surface area contributed by atoms with Gasteiger partial charge in [0, 0.05) is 16.1 Å². The van der Waals surface area contributed by atoms with E-state index in [1.807, 2.05) is 42.5 Å². The van der Waals surface area contributed by atoms with Crippen molar-refractivity contribution in [1.82, 2.24) is 0 Å². The van der Waals surface area contributed by atoms with Crippen molar-refractivity contribution in [3.63, 3.8) is 0 Å². The van der Waals surface area contributed by atoms with Crippen molar-refractivity contribution in [2.75, 3.05) is 5.32 Å². The van der Waals surface area contributed by atoms with Gasteiger partial charge in [0.25, 0.3) is 0 Å². The molecule has 0 spiro atoms. The van der Waals surface area contributed by atoms with Crippen LogP contribution in [0.5, 0.6) is 0 Å². The minimum Gasteiger partial charge on any atom is -0.478 e. The highest BCUT2D eigenvalue weighted by atomic mass is 35.5. The molecule has 0 bridgehead atoms. The predicted octanol–water partition coefficient (Wildman–Crippen LogP) is 4.94. The van der Waals surface area contributed by atoms with Gasteiger partial charge in [-0.05, 0) is 29.7 Å². The molecule has 3 aromatic rings. The lowest BCUT2D eigenvalue weighted by molar-refractivity contribution is 0.0698. The third-order valence-electron chi connectivity index (χ3n) is 3.27. The molecule has 0 fully saturated rings. The lowest BCUT2D eigenvalue weighted by atomic mass is 10.1. The number of anilines is 2. The van der Waals surface area contributed by atoms with Gasteiger partial charge in [0.2, 0.25) is 0 Å². The third-order valence-corrected chi connectivity index (χ3v) is 3.51. The van der Waals surface area contributed by atoms with Crippen LogP contribution in [0.4, 0.5) is 11.4 Å². The Morgan fingerprint density at radius 1 is 0.952 bits per heavy atom. The normalized spacial score (nSPS) is 10.5. The maximum atomic E-state index is 11.3. The summed E-state index contributed by atoms with van der Waals surface area (Å²) in [5, 5.41) is 15.0. The Morgan fingerprint density at radius 3 is 2.52 bits per heavy atom. The first-order valence-electron chi connectivity index (χ1n) is 6.43. The molecule has 0 unspecified atom stereocenters. The van der Waals surface area contributed by atoms with Gasteiger partial charge in [-0.3, -0.25) is 0 Å². The second kappa shape index (κ2) is 5.46. The second-order valence-electron chi connectivity index (χ2n) is 4.65. The van der Waals surface area contributed by atoms with E-state index in [9.17, 15) is 9.90 Å². The van der Waals surface area contributed by atoms with Crippen molar-refractivity contribution in [2.24, 2.45) is 0 Å². The zero-order valence-electron chi connectivity index (χ0n) is 11.0. The summed E-state index contributed by atoms with van der Waals surface area (Å²) >= 11 is 5.87. The van der Waals surface area contributed by atoms with E-state index in [2.05, 4.69) is 5.32 Å². The van der Waals surface area contributed by atoms with Crippen LogP contribution < -0.4 is 5.32 Å². The lowest BCUT2D eigenvalue weighted by Crippen LogP contribution is -2.02. The molecular weight excluding hydrogens is 286 g/mol. The zero-order chi connectivity index (χ0) is 14.8. The molecule has 0 aliphatic carbocycles. The van der Waals surface area contributed by atoms with E-state index in [4.69, 9.17) is 11.6 Å². The number of hydrogen-bond acceptors (Lipinski definition) is 2. The van der Waals surface area contributed by atoms with Gasteiger partial charge in [-0.25, -0.2) is 4.79 Å². The number of nitrogens with one attached hydrogen (secondary N) is 1. The number of carbonyl (C=O) groups is 1. The van der Waals surface area contributed by atoms with Crippen LogP contribution in [0.25, 0.3) is 10.8 Å². The quantitative estimate of drug-likeness (QED) is 0.720. The second-order valence-corrected chi connectivity index (χ2v) is 5.08. The fraction of sp³-hybridized carbons (Fsp3) is 0.